The van der Waals surface area contributed by atoms with Crippen LogP contribution in [0.4, 0.5) is 0 Å². The van der Waals surface area contributed by atoms with Gasteiger partial charge in [-0.1, -0.05) is 0 Å². The number of sulfone groups is 1. The molecule has 1 aromatic carbocycles. The van der Waals surface area contributed by atoms with E-state index in [2.05, 4.69) is 5.32 Å². The molecule has 0 bridgehead atoms. The minimum Gasteiger partial charge on any atom is -0.376 e. The average Bonchev–Trinajstić information content (AvgIpc) is 2.98. The van der Waals surface area contributed by atoms with Crippen molar-refractivity contribution in [2.45, 2.75) is 42.9 Å². The highest BCUT2D eigenvalue weighted by atomic mass is 32.2. The van der Waals surface area contributed by atoms with Gasteiger partial charge in [-0.25, -0.2) is 8.42 Å². The van der Waals surface area contributed by atoms with Gasteiger partial charge < -0.3 is 10.1 Å². The van der Waals surface area contributed by atoms with Gasteiger partial charge in [-0.2, -0.15) is 0 Å². The molecule has 0 aromatic heterocycles. The van der Waals surface area contributed by atoms with Crippen LogP contribution in [0.15, 0.2) is 29.2 Å². The molecule has 1 atom stereocenters. The number of benzene rings is 1. The summed E-state index contributed by atoms with van der Waals surface area (Å²) in [6.45, 7) is 4.52. The van der Waals surface area contributed by atoms with Gasteiger partial charge in [0.1, 0.15) is 0 Å². The molecule has 0 radical (unpaired) electrons. The van der Waals surface area contributed by atoms with Gasteiger partial charge in [-0.15, -0.1) is 0 Å². The van der Waals surface area contributed by atoms with Gasteiger partial charge >= 0.3 is 0 Å². The molecule has 0 spiro atoms. The van der Waals surface area contributed by atoms with E-state index >= 15 is 0 Å². The van der Waals surface area contributed by atoms with Crippen molar-refractivity contribution in [3.63, 3.8) is 0 Å². The molecular formula is C15H21NO4S. The summed E-state index contributed by atoms with van der Waals surface area (Å²) in [6, 6.07) is 6.05. The second-order valence-electron chi connectivity index (χ2n) is 5.46. The van der Waals surface area contributed by atoms with Crippen LogP contribution in [-0.2, 0) is 14.6 Å². The molecule has 1 aliphatic rings. The summed E-state index contributed by atoms with van der Waals surface area (Å²) in [5, 5.41) is 2.33. The van der Waals surface area contributed by atoms with E-state index in [1.165, 1.54) is 12.1 Å². The summed E-state index contributed by atoms with van der Waals surface area (Å²) in [6.07, 6.45) is 2.09. The fourth-order valence-corrected chi connectivity index (χ4v) is 3.24. The monoisotopic (exact) mass is 311 g/mol. The number of ether oxygens (including phenoxy) is 1. The maximum atomic E-state index is 12.0. The molecule has 116 valence electrons. The Morgan fingerprint density at radius 3 is 2.52 bits per heavy atom. The quantitative estimate of drug-likeness (QED) is 0.899. The number of rotatable bonds is 5. The summed E-state index contributed by atoms with van der Waals surface area (Å²) < 4.78 is 29.4. The molecule has 1 saturated heterocycles. The van der Waals surface area contributed by atoms with Gasteiger partial charge in [0.05, 0.1) is 16.2 Å². The maximum absolute atomic E-state index is 12.0. The Hall–Kier alpha value is -1.40. The van der Waals surface area contributed by atoms with Crippen molar-refractivity contribution in [1.82, 2.24) is 5.32 Å². The van der Waals surface area contributed by atoms with Gasteiger partial charge in [-0.05, 0) is 51.0 Å². The Morgan fingerprint density at radius 2 is 2.00 bits per heavy atom. The van der Waals surface area contributed by atoms with E-state index in [0.717, 1.165) is 19.4 Å². The van der Waals surface area contributed by atoms with Crippen LogP contribution in [0.3, 0.4) is 0 Å². The standard InChI is InChI=1S/C15H21NO4S/c1-11(2)21(18,19)14-7-5-12(6-8-14)15(17)16-10-13-4-3-9-20-13/h5-8,11,13H,3-4,9-10H2,1-2H3,(H,16,17). The van der Waals surface area contributed by atoms with E-state index in [1.54, 1.807) is 26.0 Å². The first kappa shape index (κ1) is 16.0. The summed E-state index contributed by atoms with van der Waals surface area (Å²) >= 11 is 0. The summed E-state index contributed by atoms with van der Waals surface area (Å²) in [5.41, 5.74) is 0.454. The van der Waals surface area contributed by atoms with E-state index in [-0.39, 0.29) is 16.9 Å². The van der Waals surface area contributed by atoms with Crippen LogP contribution >= 0.6 is 0 Å². The zero-order chi connectivity index (χ0) is 15.5. The fourth-order valence-electron chi connectivity index (χ4n) is 2.18. The third-order valence-electron chi connectivity index (χ3n) is 3.58. The maximum Gasteiger partial charge on any atom is 0.251 e. The third kappa shape index (κ3) is 3.83. The Kier molecular flexibility index (Phi) is 5.00. The molecule has 6 heteroatoms. The predicted octanol–water partition coefficient (Wildman–Crippen LogP) is 1.78. The molecule has 1 aliphatic heterocycles. The SMILES string of the molecule is CC(C)S(=O)(=O)c1ccc(C(=O)NCC2CCCO2)cc1. The van der Waals surface area contributed by atoms with E-state index in [9.17, 15) is 13.2 Å². The highest BCUT2D eigenvalue weighted by Gasteiger charge is 2.20. The van der Waals surface area contributed by atoms with Gasteiger partial charge in [-0.3, -0.25) is 4.79 Å². The zero-order valence-corrected chi connectivity index (χ0v) is 13.2. The van der Waals surface area contributed by atoms with Crippen molar-refractivity contribution in [3.8, 4) is 0 Å². The van der Waals surface area contributed by atoms with Gasteiger partial charge in [0, 0.05) is 18.7 Å². The van der Waals surface area contributed by atoms with E-state index < -0.39 is 15.1 Å². The number of carbonyl (C=O) groups is 1. The zero-order valence-electron chi connectivity index (χ0n) is 12.3. The number of amides is 1. The molecule has 1 N–H and O–H groups in total. The Bertz CT molecular complexity index is 587. The molecule has 5 nitrogen and oxygen atoms in total. The molecule has 1 aromatic rings. The van der Waals surface area contributed by atoms with Crippen molar-refractivity contribution in [3.05, 3.63) is 29.8 Å². The van der Waals surface area contributed by atoms with Crippen LogP contribution in [-0.4, -0.2) is 38.8 Å². The Balaban J connectivity index is 1.99. The molecular weight excluding hydrogens is 290 g/mol. The molecule has 0 saturated carbocycles. The van der Waals surface area contributed by atoms with Crippen LogP contribution in [0.1, 0.15) is 37.0 Å². The number of hydrogen-bond donors (Lipinski definition) is 1. The number of hydrogen-bond acceptors (Lipinski definition) is 4. The second kappa shape index (κ2) is 6.58. The molecule has 2 rings (SSSR count). The van der Waals surface area contributed by atoms with Crippen molar-refractivity contribution in [2.24, 2.45) is 0 Å². The highest BCUT2D eigenvalue weighted by Crippen LogP contribution is 2.16. The predicted molar refractivity (Wildman–Crippen MR) is 80.1 cm³/mol. The van der Waals surface area contributed by atoms with Crippen LogP contribution in [0.5, 0.6) is 0 Å². The van der Waals surface area contributed by atoms with Crippen LogP contribution in [0.25, 0.3) is 0 Å². The molecule has 1 unspecified atom stereocenters. The largest absolute Gasteiger partial charge is 0.376 e. The van der Waals surface area contributed by atoms with Crippen molar-refractivity contribution < 1.29 is 17.9 Å². The van der Waals surface area contributed by atoms with Crippen molar-refractivity contribution in [1.29, 1.82) is 0 Å². The minimum atomic E-state index is -3.30. The lowest BCUT2D eigenvalue weighted by Crippen LogP contribution is -2.31. The van der Waals surface area contributed by atoms with Gasteiger partial charge in [0.2, 0.25) is 0 Å². The minimum absolute atomic E-state index is 0.0922. The molecule has 1 amide bonds. The lowest BCUT2D eigenvalue weighted by molar-refractivity contribution is 0.0857. The molecule has 1 heterocycles. The van der Waals surface area contributed by atoms with E-state index in [0.29, 0.717) is 12.1 Å². The smallest absolute Gasteiger partial charge is 0.251 e. The fraction of sp³-hybridized carbons (Fsp3) is 0.533. The first-order valence-electron chi connectivity index (χ1n) is 7.15. The summed E-state index contributed by atoms with van der Waals surface area (Å²) in [7, 11) is -3.30. The summed E-state index contributed by atoms with van der Waals surface area (Å²) in [4.78, 5) is 12.2. The van der Waals surface area contributed by atoms with E-state index in [1.807, 2.05) is 0 Å². The Morgan fingerprint density at radius 1 is 1.33 bits per heavy atom. The average molecular weight is 311 g/mol. The van der Waals surface area contributed by atoms with E-state index in [4.69, 9.17) is 4.74 Å². The van der Waals surface area contributed by atoms with Gasteiger partial charge in [0.25, 0.3) is 5.91 Å². The van der Waals surface area contributed by atoms with Gasteiger partial charge in [0.15, 0.2) is 9.84 Å². The van der Waals surface area contributed by atoms with Crippen molar-refractivity contribution >= 4 is 15.7 Å². The number of nitrogens with one attached hydrogen (secondary N) is 1. The first-order valence-corrected chi connectivity index (χ1v) is 8.69. The van der Waals surface area contributed by atoms with Crippen LogP contribution in [0.2, 0.25) is 0 Å². The van der Waals surface area contributed by atoms with Crippen molar-refractivity contribution in [2.75, 3.05) is 13.2 Å². The summed E-state index contributed by atoms with van der Waals surface area (Å²) in [5.74, 6) is -0.209. The second-order valence-corrected chi connectivity index (χ2v) is 7.97. The molecule has 21 heavy (non-hydrogen) atoms. The normalized spacial score (nSPS) is 18.9. The lowest BCUT2D eigenvalue weighted by atomic mass is 10.2. The van der Waals surface area contributed by atoms with Crippen LogP contribution in [0, 0.1) is 0 Å². The molecule has 1 fully saturated rings. The Labute approximate surface area is 125 Å². The molecule has 0 aliphatic carbocycles. The topological polar surface area (TPSA) is 72.5 Å². The highest BCUT2D eigenvalue weighted by molar-refractivity contribution is 7.92. The number of carbonyl (C=O) groups excluding carboxylic acids is 1. The first-order chi connectivity index (χ1) is 9.91. The third-order valence-corrected chi connectivity index (χ3v) is 5.75. The van der Waals surface area contributed by atoms with Crippen LogP contribution < -0.4 is 5.32 Å². The lowest BCUT2D eigenvalue weighted by Gasteiger charge is -2.11.